The predicted octanol–water partition coefficient (Wildman–Crippen LogP) is 3.76. The molecule has 0 aliphatic rings. The zero-order valence-corrected chi connectivity index (χ0v) is 13.3. The van der Waals surface area contributed by atoms with Crippen LogP contribution in [0.1, 0.15) is 23.7 Å². The Morgan fingerprint density at radius 3 is 2.70 bits per heavy atom. The Balaban J connectivity index is 2.04. The van der Waals surface area contributed by atoms with E-state index >= 15 is 0 Å². The lowest BCUT2D eigenvalue weighted by Crippen LogP contribution is -2.13. The molecule has 2 rings (SSSR count). The van der Waals surface area contributed by atoms with Crippen molar-refractivity contribution in [3.05, 3.63) is 51.7 Å². The molecule has 20 heavy (non-hydrogen) atoms. The molecule has 2 aromatic rings. The minimum atomic E-state index is -0.149. The van der Waals surface area contributed by atoms with Gasteiger partial charge in [-0.25, -0.2) is 4.98 Å². The van der Waals surface area contributed by atoms with Gasteiger partial charge in [0, 0.05) is 16.3 Å². The molecule has 4 nitrogen and oxygen atoms in total. The van der Waals surface area contributed by atoms with Crippen molar-refractivity contribution in [1.82, 2.24) is 4.98 Å². The third kappa shape index (κ3) is 3.93. The number of para-hydroxylation sites is 1. The molecule has 1 aromatic carbocycles. The lowest BCUT2D eigenvalue weighted by molar-refractivity contribution is 0.102. The van der Waals surface area contributed by atoms with Crippen molar-refractivity contribution in [2.24, 2.45) is 0 Å². The van der Waals surface area contributed by atoms with Crippen LogP contribution in [0.3, 0.4) is 0 Å². The molecule has 2 N–H and O–H groups in total. The van der Waals surface area contributed by atoms with Gasteiger partial charge in [0.05, 0.1) is 11.3 Å². The van der Waals surface area contributed by atoms with Crippen molar-refractivity contribution >= 4 is 40.0 Å². The van der Waals surface area contributed by atoms with Crippen molar-refractivity contribution < 1.29 is 4.79 Å². The number of hydrogen-bond acceptors (Lipinski definition) is 3. The maximum atomic E-state index is 12.1. The number of aromatic nitrogens is 1. The highest BCUT2D eigenvalue weighted by Crippen LogP contribution is 2.18. The van der Waals surface area contributed by atoms with Gasteiger partial charge in [0.25, 0.3) is 5.91 Å². The molecule has 1 aromatic heterocycles. The van der Waals surface area contributed by atoms with Crippen molar-refractivity contribution in [3.8, 4) is 0 Å². The summed E-state index contributed by atoms with van der Waals surface area (Å²) in [6.45, 7) is 2.97. The Morgan fingerprint density at radius 1 is 1.25 bits per heavy atom. The summed E-state index contributed by atoms with van der Waals surface area (Å²) in [6.07, 6.45) is 2.62. The molecule has 0 saturated heterocycles. The van der Waals surface area contributed by atoms with Crippen LogP contribution in [0.25, 0.3) is 0 Å². The number of carbonyl (C=O) groups excluding carboxylic acids is 1. The van der Waals surface area contributed by atoms with Gasteiger partial charge in [-0.05, 0) is 53.3 Å². The lowest BCUT2D eigenvalue weighted by atomic mass is 10.2. The van der Waals surface area contributed by atoms with Gasteiger partial charge in [-0.15, -0.1) is 0 Å². The van der Waals surface area contributed by atoms with Gasteiger partial charge < -0.3 is 10.6 Å². The van der Waals surface area contributed by atoms with Crippen LogP contribution in [-0.4, -0.2) is 17.4 Å². The Morgan fingerprint density at radius 2 is 2.05 bits per heavy atom. The first-order valence-corrected chi connectivity index (χ1v) is 7.54. The van der Waals surface area contributed by atoms with Gasteiger partial charge in [-0.3, -0.25) is 4.79 Å². The van der Waals surface area contributed by atoms with Crippen LogP contribution in [0.15, 0.2) is 42.6 Å². The van der Waals surface area contributed by atoms with E-state index in [0.717, 1.165) is 28.0 Å². The molecule has 0 fully saturated rings. The van der Waals surface area contributed by atoms with Gasteiger partial charge in [0.15, 0.2) is 0 Å². The SMILES string of the molecule is CCCNc1ccc(C(=O)Nc2ccccc2I)cn1. The first-order valence-electron chi connectivity index (χ1n) is 6.46. The number of amides is 1. The highest BCUT2D eigenvalue weighted by Gasteiger charge is 2.08. The molecule has 0 aliphatic heterocycles. The number of nitrogens with zero attached hydrogens (tertiary/aromatic N) is 1. The maximum Gasteiger partial charge on any atom is 0.257 e. The molecular formula is C15H16IN3O. The summed E-state index contributed by atoms with van der Waals surface area (Å²) in [6, 6.07) is 11.3. The molecule has 0 atom stereocenters. The minimum absolute atomic E-state index is 0.149. The van der Waals surface area contributed by atoms with Crippen LogP contribution >= 0.6 is 22.6 Å². The Labute approximate surface area is 132 Å². The molecule has 5 heteroatoms. The van der Waals surface area contributed by atoms with Crippen LogP contribution in [-0.2, 0) is 0 Å². The topological polar surface area (TPSA) is 54.0 Å². The van der Waals surface area contributed by atoms with E-state index in [2.05, 4.69) is 45.1 Å². The first-order chi connectivity index (χ1) is 9.70. The molecule has 0 radical (unpaired) electrons. The largest absolute Gasteiger partial charge is 0.370 e. The number of rotatable bonds is 5. The Kier molecular flexibility index (Phi) is 5.34. The number of pyridine rings is 1. The predicted molar refractivity (Wildman–Crippen MR) is 90.1 cm³/mol. The second-order valence-corrected chi connectivity index (χ2v) is 5.46. The van der Waals surface area contributed by atoms with E-state index in [1.807, 2.05) is 30.3 Å². The van der Waals surface area contributed by atoms with E-state index in [4.69, 9.17) is 0 Å². The number of nitrogens with one attached hydrogen (secondary N) is 2. The fourth-order valence-corrected chi connectivity index (χ4v) is 2.17. The van der Waals surface area contributed by atoms with Crippen LogP contribution in [0.4, 0.5) is 11.5 Å². The summed E-state index contributed by atoms with van der Waals surface area (Å²) in [5.41, 5.74) is 1.36. The molecule has 0 aliphatic carbocycles. The molecule has 0 unspecified atom stereocenters. The third-order valence-electron chi connectivity index (χ3n) is 2.70. The second-order valence-electron chi connectivity index (χ2n) is 4.29. The number of carbonyl (C=O) groups is 1. The summed E-state index contributed by atoms with van der Waals surface area (Å²) in [5, 5.41) is 6.06. The Hall–Kier alpha value is -1.63. The first kappa shape index (κ1) is 14.8. The lowest BCUT2D eigenvalue weighted by Gasteiger charge is -2.08. The number of anilines is 2. The standard InChI is InChI=1S/C15H16IN3O/c1-2-9-17-14-8-7-11(10-18-14)15(20)19-13-6-4-3-5-12(13)16/h3-8,10H,2,9H2,1H3,(H,17,18)(H,19,20). The van der Waals surface area contributed by atoms with E-state index in [-0.39, 0.29) is 5.91 Å². The van der Waals surface area contributed by atoms with Gasteiger partial charge in [0.1, 0.15) is 5.82 Å². The van der Waals surface area contributed by atoms with E-state index in [1.54, 1.807) is 12.3 Å². The molecule has 104 valence electrons. The normalized spacial score (nSPS) is 10.1. The number of hydrogen-bond donors (Lipinski definition) is 2. The van der Waals surface area contributed by atoms with Crippen molar-refractivity contribution in [2.75, 3.05) is 17.2 Å². The molecule has 1 amide bonds. The number of benzene rings is 1. The fraction of sp³-hybridized carbons (Fsp3) is 0.200. The molecule has 0 bridgehead atoms. The van der Waals surface area contributed by atoms with E-state index in [1.165, 1.54) is 0 Å². The van der Waals surface area contributed by atoms with Crippen LogP contribution < -0.4 is 10.6 Å². The van der Waals surface area contributed by atoms with Gasteiger partial charge in [-0.1, -0.05) is 19.1 Å². The zero-order valence-electron chi connectivity index (χ0n) is 11.2. The van der Waals surface area contributed by atoms with Crippen LogP contribution in [0, 0.1) is 3.57 Å². The fourth-order valence-electron chi connectivity index (χ4n) is 1.64. The van der Waals surface area contributed by atoms with Crippen LogP contribution in [0.5, 0.6) is 0 Å². The Bertz CT molecular complexity index is 584. The second kappa shape index (κ2) is 7.23. The highest BCUT2D eigenvalue weighted by atomic mass is 127. The molecule has 0 saturated carbocycles. The van der Waals surface area contributed by atoms with Crippen molar-refractivity contribution in [3.63, 3.8) is 0 Å². The number of halogens is 1. The summed E-state index contributed by atoms with van der Waals surface area (Å²) in [4.78, 5) is 16.3. The smallest absolute Gasteiger partial charge is 0.257 e. The summed E-state index contributed by atoms with van der Waals surface area (Å²) < 4.78 is 1.01. The van der Waals surface area contributed by atoms with Gasteiger partial charge in [0.2, 0.25) is 0 Å². The monoisotopic (exact) mass is 381 g/mol. The summed E-state index contributed by atoms with van der Waals surface area (Å²) in [5.74, 6) is 0.640. The van der Waals surface area contributed by atoms with E-state index in [9.17, 15) is 4.79 Å². The molecule has 0 spiro atoms. The summed E-state index contributed by atoms with van der Waals surface area (Å²) >= 11 is 2.19. The van der Waals surface area contributed by atoms with E-state index < -0.39 is 0 Å². The van der Waals surface area contributed by atoms with E-state index in [0.29, 0.717) is 5.56 Å². The molecule has 1 heterocycles. The summed E-state index contributed by atoms with van der Waals surface area (Å²) in [7, 11) is 0. The van der Waals surface area contributed by atoms with Crippen molar-refractivity contribution in [1.29, 1.82) is 0 Å². The highest BCUT2D eigenvalue weighted by molar-refractivity contribution is 14.1. The van der Waals surface area contributed by atoms with Gasteiger partial charge >= 0.3 is 0 Å². The average Bonchev–Trinajstić information content (AvgIpc) is 2.48. The zero-order chi connectivity index (χ0) is 14.4. The minimum Gasteiger partial charge on any atom is -0.370 e. The maximum absolute atomic E-state index is 12.1. The van der Waals surface area contributed by atoms with Gasteiger partial charge in [-0.2, -0.15) is 0 Å². The van der Waals surface area contributed by atoms with Crippen LogP contribution in [0.2, 0.25) is 0 Å². The molecular weight excluding hydrogens is 365 g/mol. The third-order valence-corrected chi connectivity index (χ3v) is 3.64. The quantitative estimate of drug-likeness (QED) is 0.776. The average molecular weight is 381 g/mol. The van der Waals surface area contributed by atoms with Crippen molar-refractivity contribution in [2.45, 2.75) is 13.3 Å².